The van der Waals surface area contributed by atoms with Gasteiger partial charge in [-0.15, -0.1) is 11.3 Å². The van der Waals surface area contributed by atoms with Crippen molar-refractivity contribution in [3.8, 4) is 0 Å². The summed E-state index contributed by atoms with van der Waals surface area (Å²) in [5.41, 5.74) is 2.58. The summed E-state index contributed by atoms with van der Waals surface area (Å²) in [5, 5.41) is 4.33. The number of aryl methyl sites for hydroxylation is 2. The minimum absolute atomic E-state index is 0.965. The number of aromatic nitrogens is 1. The Morgan fingerprint density at radius 3 is 2.64 bits per heavy atom. The Balaban J connectivity index is 2.87. The van der Waals surface area contributed by atoms with Gasteiger partial charge in [0, 0.05) is 6.54 Å². The SMILES string of the molecule is CCC(=Cc1sc(C)nc1C)CNC. The van der Waals surface area contributed by atoms with Gasteiger partial charge in [0.25, 0.3) is 0 Å². The molecule has 0 amide bonds. The minimum Gasteiger partial charge on any atom is -0.316 e. The normalized spacial score (nSPS) is 12.1. The molecular formula is C11H18N2S. The van der Waals surface area contributed by atoms with Gasteiger partial charge in [-0.05, 0) is 33.4 Å². The van der Waals surface area contributed by atoms with E-state index in [2.05, 4.69) is 37.1 Å². The Morgan fingerprint density at radius 1 is 1.50 bits per heavy atom. The van der Waals surface area contributed by atoms with Gasteiger partial charge in [-0.1, -0.05) is 12.5 Å². The summed E-state index contributed by atoms with van der Waals surface area (Å²) >= 11 is 1.77. The molecule has 0 aliphatic heterocycles. The van der Waals surface area contributed by atoms with Crippen molar-refractivity contribution < 1.29 is 0 Å². The molecule has 0 atom stereocenters. The molecule has 0 aliphatic carbocycles. The highest BCUT2D eigenvalue weighted by Crippen LogP contribution is 2.20. The lowest BCUT2D eigenvalue weighted by atomic mass is 10.1. The van der Waals surface area contributed by atoms with Crippen LogP contribution in [0.2, 0.25) is 0 Å². The van der Waals surface area contributed by atoms with E-state index in [4.69, 9.17) is 0 Å². The average molecular weight is 210 g/mol. The van der Waals surface area contributed by atoms with Crippen molar-refractivity contribution in [1.82, 2.24) is 10.3 Å². The second-order valence-corrected chi connectivity index (χ2v) is 4.60. The molecule has 0 fully saturated rings. The van der Waals surface area contributed by atoms with Crippen LogP contribution < -0.4 is 5.32 Å². The molecule has 0 aromatic carbocycles. The summed E-state index contributed by atoms with van der Waals surface area (Å²) in [5.74, 6) is 0. The molecule has 1 aromatic rings. The van der Waals surface area contributed by atoms with Gasteiger partial charge in [-0.2, -0.15) is 0 Å². The van der Waals surface area contributed by atoms with Crippen LogP contribution in [0.5, 0.6) is 0 Å². The van der Waals surface area contributed by atoms with Crippen LogP contribution in [0.25, 0.3) is 6.08 Å². The number of nitrogens with one attached hydrogen (secondary N) is 1. The molecule has 0 bridgehead atoms. The third-order valence-electron chi connectivity index (χ3n) is 2.13. The second-order valence-electron chi connectivity index (χ2n) is 3.37. The number of hydrogen-bond donors (Lipinski definition) is 1. The molecule has 3 heteroatoms. The van der Waals surface area contributed by atoms with Crippen LogP contribution in [-0.4, -0.2) is 18.6 Å². The van der Waals surface area contributed by atoms with Crippen molar-refractivity contribution in [2.75, 3.05) is 13.6 Å². The Kier molecular flexibility index (Phi) is 4.29. The molecule has 78 valence electrons. The zero-order valence-electron chi connectivity index (χ0n) is 9.35. The lowest BCUT2D eigenvalue weighted by Gasteiger charge is -2.02. The third-order valence-corrected chi connectivity index (χ3v) is 3.15. The molecule has 0 saturated heterocycles. The maximum atomic E-state index is 4.41. The predicted octanol–water partition coefficient (Wildman–Crippen LogP) is 2.77. The van der Waals surface area contributed by atoms with Crippen molar-refractivity contribution in [3.05, 3.63) is 21.2 Å². The quantitative estimate of drug-likeness (QED) is 0.826. The Labute approximate surface area is 90.1 Å². The molecule has 14 heavy (non-hydrogen) atoms. The molecule has 0 saturated carbocycles. The van der Waals surface area contributed by atoms with Gasteiger partial charge >= 0.3 is 0 Å². The predicted molar refractivity (Wildman–Crippen MR) is 63.8 cm³/mol. The minimum atomic E-state index is 0.965. The summed E-state index contributed by atoms with van der Waals surface area (Å²) in [6.45, 7) is 7.28. The summed E-state index contributed by atoms with van der Waals surface area (Å²) < 4.78 is 0. The van der Waals surface area contributed by atoms with Crippen LogP contribution in [0.15, 0.2) is 5.57 Å². The molecule has 0 radical (unpaired) electrons. The maximum absolute atomic E-state index is 4.41. The van der Waals surface area contributed by atoms with Crippen molar-refractivity contribution in [1.29, 1.82) is 0 Å². The third kappa shape index (κ3) is 2.93. The summed E-state index contributed by atoms with van der Waals surface area (Å²) in [6, 6.07) is 0. The zero-order chi connectivity index (χ0) is 10.6. The first-order valence-corrected chi connectivity index (χ1v) is 5.77. The van der Waals surface area contributed by atoms with Gasteiger partial charge in [-0.3, -0.25) is 0 Å². The molecule has 1 aromatic heterocycles. The highest BCUT2D eigenvalue weighted by Gasteiger charge is 2.02. The molecule has 2 nitrogen and oxygen atoms in total. The van der Waals surface area contributed by atoms with Gasteiger partial charge in [0.15, 0.2) is 0 Å². The van der Waals surface area contributed by atoms with E-state index in [0.717, 1.165) is 23.7 Å². The van der Waals surface area contributed by atoms with Gasteiger partial charge in [0.1, 0.15) is 0 Å². The Morgan fingerprint density at radius 2 is 2.21 bits per heavy atom. The fourth-order valence-electron chi connectivity index (χ4n) is 1.37. The average Bonchev–Trinajstić information content (AvgIpc) is 2.44. The lowest BCUT2D eigenvalue weighted by Crippen LogP contribution is -2.09. The first kappa shape index (κ1) is 11.4. The van der Waals surface area contributed by atoms with Crippen molar-refractivity contribution >= 4 is 17.4 Å². The van der Waals surface area contributed by atoms with Crippen LogP contribution in [-0.2, 0) is 0 Å². The largest absolute Gasteiger partial charge is 0.316 e. The van der Waals surface area contributed by atoms with E-state index in [9.17, 15) is 0 Å². The molecule has 0 spiro atoms. The number of rotatable bonds is 4. The van der Waals surface area contributed by atoms with Crippen molar-refractivity contribution in [2.45, 2.75) is 27.2 Å². The van der Waals surface area contributed by atoms with Crippen LogP contribution in [0.3, 0.4) is 0 Å². The Hall–Kier alpha value is -0.670. The van der Waals surface area contributed by atoms with Crippen molar-refractivity contribution in [2.24, 2.45) is 0 Å². The zero-order valence-corrected chi connectivity index (χ0v) is 10.2. The summed E-state index contributed by atoms with van der Waals surface area (Å²) in [7, 11) is 1.98. The first-order valence-electron chi connectivity index (χ1n) is 4.95. The summed E-state index contributed by atoms with van der Waals surface area (Å²) in [4.78, 5) is 5.71. The standard InChI is InChI=1S/C11H18N2S/c1-5-10(7-12-4)6-11-8(2)13-9(3)14-11/h6,12H,5,7H2,1-4H3. The smallest absolute Gasteiger partial charge is 0.0903 e. The second kappa shape index (κ2) is 5.27. The number of likely N-dealkylation sites (N-methyl/N-ethyl adjacent to an activating group) is 1. The van der Waals surface area contributed by atoms with Gasteiger partial charge < -0.3 is 5.32 Å². The molecule has 0 unspecified atom stereocenters. The van der Waals surface area contributed by atoms with Crippen LogP contribution in [0, 0.1) is 13.8 Å². The molecule has 1 N–H and O–H groups in total. The van der Waals surface area contributed by atoms with E-state index < -0.39 is 0 Å². The topological polar surface area (TPSA) is 24.9 Å². The van der Waals surface area contributed by atoms with E-state index in [1.807, 2.05) is 7.05 Å². The van der Waals surface area contributed by atoms with Crippen LogP contribution in [0.4, 0.5) is 0 Å². The van der Waals surface area contributed by atoms with E-state index in [1.165, 1.54) is 10.5 Å². The number of hydrogen-bond acceptors (Lipinski definition) is 3. The fraction of sp³-hybridized carbons (Fsp3) is 0.545. The Bertz CT molecular complexity index is 326. The lowest BCUT2D eigenvalue weighted by molar-refractivity contribution is 0.851. The van der Waals surface area contributed by atoms with E-state index in [-0.39, 0.29) is 0 Å². The highest BCUT2D eigenvalue weighted by atomic mass is 32.1. The van der Waals surface area contributed by atoms with Gasteiger partial charge in [-0.25, -0.2) is 4.98 Å². The monoisotopic (exact) mass is 210 g/mol. The molecule has 1 rings (SSSR count). The van der Waals surface area contributed by atoms with E-state index in [1.54, 1.807) is 11.3 Å². The number of thiazole rings is 1. The molecule has 0 aliphatic rings. The van der Waals surface area contributed by atoms with Crippen LogP contribution >= 0.6 is 11.3 Å². The van der Waals surface area contributed by atoms with Crippen molar-refractivity contribution in [3.63, 3.8) is 0 Å². The van der Waals surface area contributed by atoms with Crippen LogP contribution in [0.1, 0.15) is 28.9 Å². The first-order chi connectivity index (χ1) is 6.67. The van der Waals surface area contributed by atoms with Gasteiger partial charge in [0.2, 0.25) is 0 Å². The number of nitrogens with zero attached hydrogens (tertiary/aromatic N) is 1. The summed E-state index contributed by atoms with van der Waals surface area (Å²) in [6.07, 6.45) is 3.35. The molecular weight excluding hydrogens is 192 g/mol. The molecule has 1 heterocycles. The van der Waals surface area contributed by atoms with E-state index >= 15 is 0 Å². The highest BCUT2D eigenvalue weighted by molar-refractivity contribution is 7.12. The van der Waals surface area contributed by atoms with E-state index in [0.29, 0.717) is 0 Å². The van der Waals surface area contributed by atoms with Gasteiger partial charge in [0.05, 0.1) is 15.6 Å². The maximum Gasteiger partial charge on any atom is 0.0903 e. The fourth-order valence-corrected chi connectivity index (χ4v) is 2.29.